The average Bonchev–Trinajstić information content (AvgIpc) is 2.83. The van der Waals surface area contributed by atoms with Gasteiger partial charge in [-0.3, -0.25) is 9.59 Å². The molecule has 0 saturated carbocycles. The van der Waals surface area contributed by atoms with Crippen LogP contribution in [0.3, 0.4) is 0 Å². The molecule has 0 aliphatic rings. The van der Waals surface area contributed by atoms with E-state index in [0.29, 0.717) is 49.5 Å². The lowest BCUT2D eigenvalue weighted by molar-refractivity contribution is -0.136. The molecule has 0 aromatic heterocycles. The smallest absolute Gasteiger partial charge is 0.307 e. The van der Waals surface area contributed by atoms with Crippen molar-refractivity contribution in [1.82, 2.24) is 0 Å². The number of carboxylic acids is 1. The molecule has 0 aliphatic carbocycles. The molecule has 0 unspecified atom stereocenters. The first-order chi connectivity index (χ1) is 17.6. The normalized spacial score (nSPS) is 11.0. The van der Waals surface area contributed by atoms with Crippen LogP contribution in [-0.4, -0.2) is 35.0 Å². The van der Waals surface area contributed by atoms with E-state index in [4.69, 9.17) is 9.47 Å². The largest absolute Gasteiger partial charge is 0.492 e. The number of benzene rings is 3. The van der Waals surface area contributed by atoms with Gasteiger partial charge in [0, 0.05) is 11.3 Å². The third-order valence-electron chi connectivity index (χ3n) is 5.58. The lowest BCUT2D eigenvalue weighted by Gasteiger charge is -2.20. The van der Waals surface area contributed by atoms with Gasteiger partial charge in [0.25, 0.3) is 0 Å². The lowest BCUT2D eigenvalue weighted by Crippen LogP contribution is -2.11. The van der Waals surface area contributed by atoms with Gasteiger partial charge in [0.1, 0.15) is 17.1 Å². The Kier molecular flexibility index (Phi) is 10.7. The van der Waals surface area contributed by atoms with Gasteiger partial charge in [0.05, 0.1) is 22.0 Å². The Bertz CT molecular complexity index is 1270. The van der Waals surface area contributed by atoms with Gasteiger partial charge in [-0.25, -0.2) is 0 Å². The maximum atomic E-state index is 13.9. The molecular formula is C29H30Br2O5S. The van der Waals surface area contributed by atoms with Crippen LogP contribution < -0.4 is 9.47 Å². The van der Waals surface area contributed by atoms with Crippen molar-refractivity contribution in [3.05, 3.63) is 85.3 Å². The average molecular weight is 650 g/mol. The first-order valence-electron chi connectivity index (χ1n) is 12.0. The highest BCUT2D eigenvalue weighted by Crippen LogP contribution is 2.43. The first-order valence-corrected chi connectivity index (χ1v) is 14.7. The lowest BCUT2D eigenvalue weighted by atomic mass is 9.95. The van der Waals surface area contributed by atoms with Crippen molar-refractivity contribution >= 4 is 55.4 Å². The fraction of sp³-hybridized carbons (Fsp3) is 0.310. The zero-order chi connectivity index (χ0) is 27.1. The van der Waals surface area contributed by atoms with Crippen molar-refractivity contribution in [1.29, 1.82) is 0 Å². The molecule has 0 radical (unpaired) electrons. The van der Waals surface area contributed by atoms with Gasteiger partial charge in [0.2, 0.25) is 5.78 Å². The molecule has 196 valence electrons. The van der Waals surface area contributed by atoms with Crippen molar-refractivity contribution < 1.29 is 24.2 Å². The summed E-state index contributed by atoms with van der Waals surface area (Å²) in [5.41, 5.74) is 3.47. The predicted molar refractivity (Wildman–Crippen MR) is 157 cm³/mol. The molecule has 0 fully saturated rings. The fourth-order valence-corrected chi connectivity index (χ4v) is 5.68. The molecule has 3 aromatic rings. The Morgan fingerprint density at radius 3 is 2.30 bits per heavy atom. The summed E-state index contributed by atoms with van der Waals surface area (Å²) < 4.78 is 13.8. The van der Waals surface area contributed by atoms with Gasteiger partial charge in [-0.05, 0) is 91.9 Å². The highest BCUT2D eigenvalue weighted by atomic mass is 79.9. The molecule has 0 saturated heterocycles. The molecule has 0 spiro atoms. The van der Waals surface area contributed by atoms with Crippen molar-refractivity contribution in [3.8, 4) is 17.2 Å². The molecule has 0 bridgehead atoms. The van der Waals surface area contributed by atoms with Gasteiger partial charge in [-0.1, -0.05) is 44.5 Å². The van der Waals surface area contributed by atoms with Gasteiger partial charge in [-0.15, -0.1) is 0 Å². The number of carbonyl (C=O) groups is 2. The van der Waals surface area contributed by atoms with Crippen LogP contribution in [0.25, 0.3) is 0 Å². The van der Waals surface area contributed by atoms with Gasteiger partial charge in [-0.2, -0.15) is 11.8 Å². The topological polar surface area (TPSA) is 72.8 Å². The third-order valence-corrected chi connectivity index (χ3v) is 7.62. The summed E-state index contributed by atoms with van der Waals surface area (Å²) in [5, 5.41) is 9.18. The van der Waals surface area contributed by atoms with Gasteiger partial charge in [0.15, 0.2) is 5.75 Å². The van der Waals surface area contributed by atoms with E-state index in [2.05, 4.69) is 52.6 Å². The fourth-order valence-electron chi connectivity index (χ4n) is 3.74. The number of aliphatic carboxylic acids is 1. The SMILES string of the molecule is CCSCCOc1cc(C(C)C)cc(Oc2c(Br)cc(CC(=O)O)cc2Br)c1C(=O)c1cccc(C)c1. The summed E-state index contributed by atoms with van der Waals surface area (Å²) in [6, 6.07) is 14.7. The molecule has 8 heteroatoms. The molecular weight excluding hydrogens is 620 g/mol. The molecule has 0 aliphatic heterocycles. The number of carbonyl (C=O) groups excluding carboxylic acids is 1. The number of carboxylic acid groups (broad SMARTS) is 1. The summed E-state index contributed by atoms with van der Waals surface area (Å²) in [4.78, 5) is 25.1. The second-order valence-corrected chi connectivity index (χ2v) is 12.0. The zero-order valence-corrected chi connectivity index (χ0v) is 25.3. The van der Waals surface area contributed by atoms with E-state index < -0.39 is 5.97 Å². The van der Waals surface area contributed by atoms with Crippen molar-refractivity contribution in [2.45, 2.75) is 40.0 Å². The second-order valence-electron chi connectivity index (χ2n) is 8.85. The summed E-state index contributed by atoms with van der Waals surface area (Å²) in [6.07, 6.45) is -0.120. The molecule has 3 aromatic carbocycles. The maximum Gasteiger partial charge on any atom is 0.307 e. The Morgan fingerprint density at radius 2 is 1.70 bits per heavy atom. The van der Waals surface area contributed by atoms with E-state index in [1.165, 1.54) is 0 Å². The zero-order valence-electron chi connectivity index (χ0n) is 21.3. The number of ether oxygens (including phenoxy) is 2. The monoisotopic (exact) mass is 648 g/mol. The van der Waals surface area contributed by atoms with Crippen LogP contribution in [0.15, 0.2) is 57.5 Å². The van der Waals surface area contributed by atoms with Crippen LogP contribution in [-0.2, 0) is 11.2 Å². The van der Waals surface area contributed by atoms with Gasteiger partial charge < -0.3 is 14.6 Å². The standard InChI is InChI=1S/C29H30Br2O5S/c1-5-37-10-9-35-24-15-21(17(2)3)16-25(27(24)28(34)20-8-6-7-18(4)11-20)36-29-22(30)12-19(13-23(29)31)14-26(32)33/h6-8,11-13,15-17H,5,9-10,14H2,1-4H3,(H,32,33). The Hall–Kier alpha value is -2.29. The van der Waals surface area contributed by atoms with Crippen LogP contribution >= 0.6 is 43.6 Å². The molecule has 0 amide bonds. The predicted octanol–water partition coefficient (Wildman–Crippen LogP) is 8.43. The Labute approximate surface area is 239 Å². The molecule has 3 rings (SSSR count). The quantitative estimate of drug-likeness (QED) is 0.157. The van der Waals surface area contributed by atoms with Crippen LogP contribution in [0.2, 0.25) is 0 Å². The molecule has 1 N–H and O–H groups in total. The highest BCUT2D eigenvalue weighted by molar-refractivity contribution is 9.11. The van der Waals surface area contributed by atoms with E-state index in [-0.39, 0.29) is 18.1 Å². The van der Waals surface area contributed by atoms with Gasteiger partial charge >= 0.3 is 5.97 Å². The second kappa shape index (κ2) is 13.5. The minimum atomic E-state index is -0.925. The third kappa shape index (κ3) is 7.85. The van der Waals surface area contributed by atoms with Crippen LogP contribution in [0.1, 0.15) is 59.3 Å². The summed E-state index contributed by atoms with van der Waals surface area (Å²) >= 11 is 8.81. The maximum absolute atomic E-state index is 13.9. The Balaban J connectivity index is 2.16. The van der Waals surface area contributed by atoms with E-state index >= 15 is 0 Å². The highest BCUT2D eigenvalue weighted by Gasteiger charge is 2.25. The molecule has 37 heavy (non-hydrogen) atoms. The summed E-state index contributed by atoms with van der Waals surface area (Å²) in [6.45, 7) is 8.65. The number of thioether (sulfide) groups is 1. The number of halogens is 2. The van der Waals surface area contributed by atoms with Crippen molar-refractivity contribution in [2.24, 2.45) is 0 Å². The van der Waals surface area contributed by atoms with Crippen molar-refractivity contribution in [3.63, 3.8) is 0 Å². The molecule has 5 nitrogen and oxygen atoms in total. The number of hydrogen-bond acceptors (Lipinski definition) is 5. The van der Waals surface area contributed by atoms with E-state index in [1.54, 1.807) is 30.0 Å². The number of hydrogen-bond donors (Lipinski definition) is 1. The number of aryl methyl sites for hydroxylation is 1. The molecule has 0 heterocycles. The van der Waals surface area contributed by atoms with Crippen LogP contribution in [0.4, 0.5) is 0 Å². The van der Waals surface area contributed by atoms with E-state index in [1.807, 2.05) is 37.3 Å². The van der Waals surface area contributed by atoms with Crippen LogP contribution in [0, 0.1) is 6.92 Å². The van der Waals surface area contributed by atoms with E-state index in [9.17, 15) is 14.7 Å². The van der Waals surface area contributed by atoms with Crippen LogP contribution in [0.5, 0.6) is 17.2 Å². The van der Waals surface area contributed by atoms with E-state index in [0.717, 1.165) is 22.6 Å². The number of rotatable bonds is 12. The minimum absolute atomic E-state index is 0.120. The first kappa shape index (κ1) is 29.3. The summed E-state index contributed by atoms with van der Waals surface area (Å²) in [7, 11) is 0. The number of ketones is 1. The molecule has 0 atom stereocenters. The summed E-state index contributed by atoms with van der Waals surface area (Å²) in [5.74, 6) is 2.15. The Morgan fingerprint density at radius 1 is 1.03 bits per heavy atom. The van der Waals surface area contributed by atoms with Crippen molar-refractivity contribution in [2.75, 3.05) is 18.1 Å². The minimum Gasteiger partial charge on any atom is -0.492 e.